The van der Waals surface area contributed by atoms with Crippen LogP contribution in [0.4, 0.5) is 5.69 Å². The lowest BCUT2D eigenvalue weighted by atomic mass is 10.2. The first kappa shape index (κ1) is 22.1. The Morgan fingerprint density at radius 1 is 1.07 bits per heavy atom. The van der Waals surface area contributed by atoms with Crippen molar-refractivity contribution < 1.29 is 14.3 Å². The first-order chi connectivity index (χ1) is 13.5. The molecular formula is C22H25Cl2NO3. The van der Waals surface area contributed by atoms with Crippen molar-refractivity contribution in [2.24, 2.45) is 0 Å². The van der Waals surface area contributed by atoms with Gasteiger partial charge in [-0.2, -0.15) is 0 Å². The van der Waals surface area contributed by atoms with Crippen LogP contribution >= 0.6 is 23.2 Å². The molecule has 1 N–H and O–H groups in total. The molecule has 150 valence electrons. The molecule has 6 heteroatoms. The summed E-state index contributed by atoms with van der Waals surface area (Å²) in [5, 5.41) is 3.62. The van der Waals surface area contributed by atoms with Gasteiger partial charge < -0.3 is 14.8 Å². The largest absolute Gasteiger partial charge is 0.493 e. The molecule has 4 nitrogen and oxygen atoms in total. The molecule has 0 fully saturated rings. The Morgan fingerprint density at radius 3 is 2.61 bits per heavy atom. The molecule has 0 spiro atoms. The summed E-state index contributed by atoms with van der Waals surface area (Å²) in [7, 11) is 1.60. The highest BCUT2D eigenvalue weighted by Gasteiger charge is 2.06. The Labute approximate surface area is 176 Å². The number of amides is 1. The van der Waals surface area contributed by atoms with Crippen molar-refractivity contribution in [1.82, 2.24) is 0 Å². The van der Waals surface area contributed by atoms with Crippen molar-refractivity contribution in [2.45, 2.75) is 32.6 Å². The topological polar surface area (TPSA) is 47.6 Å². The van der Waals surface area contributed by atoms with Gasteiger partial charge in [0.15, 0.2) is 11.5 Å². The lowest BCUT2D eigenvalue weighted by Gasteiger charge is -2.11. The van der Waals surface area contributed by atoms with E-state index in [0.29, 0.717) is 33.8 Å². The monoisotopic (exact) mass is 421 g/mol. The van der Waals surface area contributed by atoms with Crippen LogP contribution in [0.3, 0.4) is 0 Å². The summed E-state index contributed by atoms with van der Waals surface area (Å²) in [5.74, 6) is 1.05. The molecule has 0 saturated carbocycles. The predicted octanol–water partition coefficient (Wildman–Crippen LogP) is 6.61. The number of benzene rings is 2. The molecular weight excluding hydrogens is 397 g/mol. The highest BCUT2D eigenvalue weighted by Crippen LogP contribution is 2.29. The van der Waals surface area contributed by atoms with E-state index < -0.39 is 0 Å². The van der Waals surface area contributed by atoms with Gasteiger partial charge in [-0.25, -0.2) is 0 Å². The summed E-state index contributed by atoms with van der Waals surface area (Å²) in [4.78, 5) is 12.1. The van der Waals surface area contributed by atoms with Crippen LogP contribution in [0.1, 0.15) is 38.2 Å². The van der Waals surface area contributed by atoms with Gasteiger partial charge in [0, 0.05) is 11.1 Å². The maximum atomic E-state index is 12.1. The van der Waals surface area contributed by atoms with E-state index in [9.17, 15) is 4.79 Å². The number of anilines is 1. The molecule has 0 bridgehead atoms. The highest BCUT2D eigenvalue weighted by molar-refractivity contribution is 6.36. The lowest BCUT2D eigenvalue weighted by molar-refractivity contribution is -0.111. The fourth-order valence-corrected chi connectivity index (χ4v) is 3.01. The zero-order valence-electron chi connectivity index (χ0n) is 16.1. The van der Waals surface area contributed by atoms with Crippen LogP contribution in [0.2, 0.25) is 10.0 Å². The highest BCUT2D eigenvalue weighted by atomic mass is 35.5. The van der Waals surface area contributed by atoms with Gasteiger partial charge in [0.2, 0.25) is 5.91 Å². The average molecular weight is 422 g/mol. The van der Waals surface area contributed by atoms with E-state index >= 15 is 0 Å². The Balaban J connectivity index is 1.96. The molecule has 2 aromatic carbocycles. The molecule has 0 aliphatic heterocycles. The minimum absolute atomic E-state index is 0.292. The maximum Gasteiger partial charge on any atom is 0.248 e. The number of carbonyl (C=O) groups is 1. The van der Waals surface area contributed by atoms with Crippen molar-refractivity contribution in [3.63, 3.8) is 0 Å². The fraction of sp³-hybridized carbons (Fsp3) is 0.318. The number of carbonyl (C=O) groups excluding carboxylic acids is 1. The number of rotatable bonds is 10. The predicted molar refractivity (Wildman–Crippen MR) is 117 cm³/mol. The molecule has 2 aromatic rings. The number of unbranched alkanes of at least 4 members (excludes halogenated alkanes) is 3. The van der Waals surface area contributed by atoms with Gasteiger partial charge in [-0.1, -0.05) is 55.5 Å². The molecule has 0 atom stereocenters. The summed E-state index contributed by atoms with van der Waals surface area (Å²) in [6, 6.07) is 10.5. The minimum atomic E-state index is -0.292. The lowest BCUT2D eigenvalue weighted by Crippen LogP contribution is -2.08. The molecule has 28 heavy (non-hydrogen) atoms. The number of nitrogens with one attached hydrogen (secondary N) is 1. The van der Waals surface area contributed by atoms with Crippen molar-refractivity contribution in [3.05, 3.63) is 58.1 Å². The third kappa shape index (κ3) is 7.10. The van der Waals surface area contributed by atoms with E-state index in [1.807, 2.05) is 18.2 Å². The van der Waals surface area contributed by atoms with Crippen molar-refractivity contribution >= 4 is 40.9 Å². The molecule has 0 aliphatic carbocycles. The zero-order valence-corrected chi connectivity index (χ0v) is 17.6. The van der Waals surface area contributed by atoms with Crippen LogP contribution in [0, 0.1) is 0 Å². The molecule has 0 aliphatic rings. The summed E-state index contributed by atoms with van der Waals surface area (Å²) in [6.45, 7) is 2.84. The quantitative estimate of drug-likeness (QED) is 0.346. The van der Waals surface area contributed by atoms with Crippen LogP contribution in [-0.2, 0) is 4.79 Å². The van der Waals surface area contributed by atoms with Gasteiger partial charge in [-0.3, -0.25) is 4.79 Å². The van der Waals surface area contributed by atoms with Crippen LogP contribution in [0.15, 0.2) is 42.5 Å². The van der Waals surface area contributed by atoms with Crippen LogP contribution < -0.4 is 14.8 Å². The first-order valence-electron chi connectivity index (χ1n) is 9.28. The maximum absolute atomic E-state index is 12.1. The van der Waals surface area contributed by atoms with Gasteiger partial charge in [0.25, 0.3) is 0 Å². The second-order valence-electron chi connectivity index (χ2n) is 6.27. The zero-order chi connectivity index (χ0) is 20.4. The van der Waals surface area contributed by atoms with E-state index in [1.165, 1.54) is 18.9 Å². The Hall–Kier alpha value is -2.17. The smallest absolute Gasteiger partial charge is 0.248 e. The Bertz CT molecular complexity index is 821. The average Bonchev–Trinajstić information content (AvgIpc) is 2.69. The first-order valence-corrected chi connectivity index (χ1v) is 10.0. The molecule has 0 radical (unpaired) electrons. The van der Waals surface area contributed by atoms with E-state index in [0.717, 1.165) is 18.4 Å². The van der Waals surface area contributed by atoms with E-state index in [4.69, 9.17) is 32.7 Å². The Morgan fingerprint density at radius 2 is 1.89 bits per heavy atom. The molecule has 0 saturated heterocycles. The third-order valence-electron chi connectivity index (χ3n) is 4.06. The van der Waals surface area contributed by atoms with Gasteiger partial charge in [-0.15, -0.1) is 0 Å². The van der Waals surface area contributed by atoms with Crippen molar-refractivity contribution in [3.8, 4) is 11.5 Å². The van der Waals surface area contributed by atoms with Gasteiger partial charge >= 0.3 is 0 Å². The van der Waals surface area contributed by atoms with Gasteiger partial charge in [0.1, 0.15) is 0 Å². The minimum Gasteiger partial charge on any atom is -0.493 e. The van der Waals surface area contributed by atoms with Crippen LogP contribution in [0.25, 0.3) is 6.08 Å². The number of ether oxygens (including phenoxy) is 2. The number of methoxy groups -OCH3 is 1. The fourth-order valence-electron chi connectivity index (χ4n) is 2.56. The second kappa shape index (κ2) is 11.6. The standard InChI is InChI=1S/C22H25Cl2NO3/c1-3-4-5-6-13-28-20-11-7-16(14-21(20)27-2)8-12-22(26)25-19-10-9-17(23)15-18(19)24/h7-12,14-15H,3-6,13H2,1-2H3,(H,25,26). The summed E-state index contributed by atoms with van der Waals surface area (Å²) >= 11 is 11.9. The van der Waals surface area contributed by atoms with Crippen molar-refractivity contribution in [2.75, 3.05) is 19.0 Å². The number of hydrogen-bond donors (Lipinski definition) is 1. The van der Waals surface area contributed by atoms with Crippen molar-refractivity contribution in [1.29, 1.82) is 0 Å². The molecule has 0 unspecified atom stereocenters. The molecule has 0 aromatic heterocycles. The van der Waals surface area contributed by atoms with E-state index in [2.05, 4.69) is 12.2 Å². The molecule has 2 rings (SSSR count). The summed E-state index contributed by atoms with van der Waals surface area (Å²) < 4.78 is 11.2. The van der Waals surface area contributed by atoms with Gasteiger partial charge in [-0.05, 0) is 48.4 Å². The number of hydrogen-bond acceptors (Lipinski definition) is 3. The molecule has 0 heterocycles. The SMILES string of the molecule is CCCCCCOc1ccc(C=CC(=O)Nc2ccc(Cl)cc2Cl)cc1OC. The molecule has 1 amide bonds. The second-order valence-corrected chi connectivity index (χ2v) is 7.11. The van der Waals surface area contributed by atoms with Crippen LogP contribution in [0.5, 0.6) is 11.5 Å². The van der Waals surface area contributed by atoms with Gasteiger partial charge in [0.05, 0.1) is 24.4 Å². The summed E-state index contributed by atoms with van der Waals surface area (Å²) in [5.41, 5.74) is 1.33. The van der Waals surface area contributed by atoms with E-state index in [-0.39, 0.29) is 5.91 Å². The third-order valence-corrected chi connectivity index (χ3v) is 4.61. The normalized spacial score (nSPS) is 10.9. The van der Waals surface area contributed by atoms with Crippen LogP contribution in [-0.4, -0.2) is 19.6 Å². The number of halogens is 2. The summed E-state index contributed by atoms with van der Waals surface area (Å²) in [6.07, 6.45) is 7.73. The van der Waals surface area contributed by atoms with E-state index in [1.54, 1.807) is 31.4 Å². The Kier molecular flexibility index (Phi) is 9.18.